The van der Waals surface area contributed by atoms with Crippen LogP contribution in [0, 0.1) is 0 Å². The number of aromatic nitrogens is 1. The number of rotatable bonds is 5. The van der Waals surface area contributed by atoms with Crippen molar-refractivity contribution in [3.05, 3.63) is 23.1 Å². The van der Waals surface area contributed by atoms with Crippen LogP contribution in [0.4, 0.5) is 0 Å². The number of likely N-dealkylation sites (N-methyl/N-ethyl adjacent to an activating group) is 1. The topological polar surface area (TPSA) is 34.2 Å². The Morgan fingerprint density at radius 3 is 3.06 bits per heavy atom. The van der Waals surface area contributed by atoms with Crippen LogP contribution in [-0.2, 0) is 6.42 Å². The van der Waals surface area contributed by atoms with Gasteiger partial charge in [0, 0.05) is 11.5 Å². The van der Waals surface area contributed by atoms with Gasteiger partial charge in [-0.15, -0.1) is 11.3 Å². The Morgan fingerprint density at radius 2 is 2.31 bits per heavy atom. The third-order valence-electron chi connectivity index (χ3n) is 2.52. The lowest BCUT2D eigenvalue weighted by Gasteiger charge is -2.01. The molecule has 0 aliphatic heterocycles. The highest BCUT2D eigenvalue weighted by Crippen LogP contribution is 2.26. The molecule has 0 radical (unpaired) electrons. The van der Waals surface area contributed by atoms with Crippen LogP contribution in [0.2, 0.25) is 0 Å². The van der Waals surface area contributed by atoms with E-state index in [2.05, 4.69) is 28.7 Å². The Kier molecular flexibility index (Phi) is 3.74. The maximum absolute atomic E-state index is 5.11. The Labute approximate surface area is 99.5 Å². The highest BCUT2D eigenvalue weighted by Gasteiger charge is 2.05. The van der Waals surface area contributed by atoms with Crippen LogP contribution in [-0.4, -0.2) is 25.2 Å². The highest BCUT2D eigenvalue weighted by atomic mass is 32.1. The smallest absolute Gasteiger partial charge is 0.214 e. The van der Waals surface area contributed by atoms with Crippen molar-refractivity contribution in [2.45, 2.75) is 13.3 Å². The molecule has 2 aromatic heterocycles. The van der Waals surface area contributed by atoms with E-state index >= 15 is 0 Å². The fourth-order valence-corrected chi connectivity index (χ4v) is 2.62. The third kappa shape index (κ3) is 2.33. The average Bonchev–Trinajstić information content (AvgIpc) is 2.72. The van der Waals surface area contributed by atoms with Gasteiger partial charge in [0.15, 0.2) is 0 Å². The van der Waals surface area contributed by atoms with Gasteiger partial charge in [0.05, 0.1) is 7.11 Å². The van der Waals surface area contributed by atoms with E-state index in [-0.39, 0.29) is 0 Å². The maximum atomic E-state index is 5.11. The van der Waals surface area contributed by atoms with Gasteiger partial charge in [-0.1, -0.05) is 6.92 Å². The minimum Gasteiger partial charge on any atom is -0.481 e. The van der Waals surface area contributed by atoms with Crippen molar-refractivity contribution < 1.29 is 4.74 Å². The first kappa shape index (κ1) is 11.4. The normalized spacial score (nSPS) is 10.9. The lowest BCUT2D eigenvalue weighted by Crippen LogP contribution is -2.15. The van der Waals surface area contributed by atoms with Crippen LogP contribution in [0.3, 0.4) is 0 Å². The summed E-state index contributed by atoms with van der Waals surface area (Å²) < 4.78 is 5.11. The van der Waals surface area contributed by atoms with Crippen molar-refractivity contribution in [3.8, 4) is 5.88 Å². The minimum atomic E-state index is 0.688. The van der Waals surface area contributed by atoms with Crippen molar-refractivity contribution in [1.82, 2.24) is 10.3 Å². The van der Waals surface area contributed by atoms with Gasteiger partial charge in [-0.3, -0.25) is 0 Å². The molecular weight excluding hydrogens is 220 g/mol. The van der Waals surface area contributed by atoms with Gasteiger partial charge in [-0.2, -0.15) is 0 Å². The summed E-state index contributed by atoms with van der Waals surface area (Å²) >= 11 is 1.68. The van der Waals surface area contributed by atoms with Gasteiger partial charge in [-0.25, -0.2) is 4.98 Å². The monoisotopic (exact) mass is 236 g/mol. The number of pyridine rings is 1. The molecule has 0 saturated carbocycles. The van der Waals surface area contributed by atoms with E-state index in [1.165, 1.54) is 10.9 Å². The van der Waals surface area contributed by atoms with Crippen LogP contribution in [0.1, 0.15) is 12.5 Å². The number of nitrogens with zero attached hydrogens (tertiary/aromatic N) is 1. The number of nitrogens with one attached hydrogen (secondary N) is 1. The largest absolute Gasteiger partial charge is 0.481 e. The van der Waals surface area contributed by atoms with Crippen LogP contribution in [0.5, 0.6) is 5.88 Å². The van der Waals surface area contributed by atoms with Gasteiger partial charge < -0.3 is 10.1 Å². The van der Waals surface area contributed by atoms with E-state index in [1.54, 1.807) is 18.4 Å². The number of hydrogen-bond acceptors (Lipinski definition) is 4. The predicted octanol–water partition coefficient (Wildman–Crippen LogP) is 2.46. The molecule has 1 N–H and O–H groups in total. The van der Waals surface area contributed by atoms with E-state index in [1.807, 2.05) is 6.07 Å². The van der Waals surface area contributed by atoms with Gasteiger partial charge in [0.1, 0.15) is 4.83 Å². The molecule has 0 saturated heterocycles. The molecule has 2 aromatic rings. The standard InChI is InChI=1S/C12H16N2OS/c1-3-13-7-6-9-8-16-12-10(9)4-5-11(14-12)15-2/h4-5,8,13H,3,6-7H2,1-2H3. The highest BCUT2D eigenvalue weighted by molar-refractivity contribution is 7.16. The molecule has 0 aliphatic carbocycles. The second kappa shape index (κ2) is 5.27. The zero-order valence-electron chi connectivity index (χ0n) is 9.62. The third-order valence-corrected chi connectivity index (χ3v) is 3.46. The van der Waals surface area contributed by atoms with Gasteiger partial charge in [-0.05, 0) is 36.5 Å². The number of methoxy groups -OCH3 is 1. The number of thiophene rings is 1. The van der Waals surface area contributed by atoms with E-state index < -0.39 is 0 Å². The fourth-order valence-electron chi connectivity index (χ4n) is 1.66. The van der Waals surface area contributed by atoms with Gasteiger partial charge in [0.25, 0.3) is 0 Å². The number of fused-ring (bicyclic) bond motifs is 1. The zero-order chi connectivity index (χ0) is 11.4. The van der Waals surface area contributed by atoms with Crippen molar-refractivity contribution in [3.63, 3.8) is 0 Å². The second-order valence-electron chi connectivity index (χ2n) is 3.57. The summed E-state index contributed by atoms with van der Waals surface area (Å²) in [6, 6.07) is 4.02. The van der Waals surface area contributed by atoms with Crippen LogP contribution in [0.25, 0.3) is 10.2 Å². The van der Waals surface area contributed by atoms with Crippen molar-refractivity contribution in [1.29, 1.82) is 0 Å². The summed E-state index contributed by atoms with van der Waals surface area (Å²) in [5, 5.41) is 6.78. The number of hydrogen-bond donors (Lipinski definition) is 1. The van der Waals surface area contributed by atoms with Crippen LogP contribution in [0.15, 0.2) is 17.5 Å². The molecule has 0 spiro atoms. The first-order chi connectivity index (χ1) is 7.85. The lowest BCUT2D eigenvalue weighted by atomic mass is 10.1. The molecule has 0 unspecified atom stereocenters. The van der Waals surface area contributed by atoms with Crippen molar-refractivity contribution in [2.24, 2.45) is 0 Å². The lowest BCUT2D eigenvalue weighted by molar-refractivity contribution is 0.400. The maximum Gasteiger partial charge on any atom is 0.214 e. The van der Waals surface area contributed by atoms with Crippen LogP contribution < -0.4 is 10.1 Å². The molecule has 0 aromatic carbocycles. The predicted molar refractivity (Wildman–Crippen MR) is 68.4 cm³/mol. The molecule has 0 aliphatic rings. The quantitative estimate of drug-likeness (QED) is 0.810. The van der Waals surface area contributed by atoms with E-state index in [0.717, 1.165) is 24.3 Å². The van der Waals surface area contributed by atoms with Gasteiger partial charge in [0.2, 0.25) is 5.88 Å². The number of ether oxygens (including phenoxy) is 1. The zero-order valence-corrected chi connectivity index (χ0v) is 10.4. The Morgan fingerprint density at radius 1 is 1.44 bits per heavy atom. The molecule has 0 atom stereocenters. The Hall–Kier alpha value is -1.13. The first-order valence-corrected chi connectivity index (χ1v) is 6.35. The second-order valence-corrected chi connectivity index (χ2v) is 4.43. The molecule has 0 bridgehead atoms. The molecule has 3 nitrogen and oxygen atoms in total. The molecule has 4 heteroatoms. The summed E-state index contributed by atoms with van der Waals surface area (Å²) in [6.45, 7) is 4.17. The van der Waals surface area contributed by atoms with Crippen molar-refractivity contribution in [2.75, 3.05) is 20.2 Å². The van der Waals surface area contributed by atoms with E-state index in [4.69, 9.17) is 4.74 Å². The average molecular weight is 236 g/mol. The summed E-state index contributed by atoms with van der Waals surface area (Å²) in [5.74, 6) is 0.688. The van der Waals surface area contributed by atoms with E-state index in [9.17, 15) is 0 Å². The van der Waals surface area contributed by atoms with Gasteiger partial charge >= 0.3 is 0 Å². The first-order valence-electron chi connectivity index (χ1n) is 5.47. The summed E-state index contributed by atoms with van der Waals surface area (Å²) in [6.07, 6.45) is 1.06. The van der Waals surface area contributed by atoms with E-state index in [0.29, 0.717) is 5.88 Å². The fraction of sp³-hybridized carbons (Fsp3) is 0.417. The summed E-state index contributed by atoms with van der Waals surface area (Å²) in [5.41, 5.74) is 1.37. The molecule has 16 heavy (non-hydrogen) atoms. The SMILES string of the molecule is CCNCCc1csc2nc(OC)ccc12. The van der Waals surface area contributed by atoms with Crippen LogP contribution >= 0.6 is 11.3 Å². The molecule has 0 amide bonds. The molecule has 2 heterocycles. The molecular formula is C12H16N2OS. The van der Waals surface area contributed by atoms with Crippen molar-refractivity contribution >= 4 is 21.6 Å². The minimum absolute atomic E-state index is 0.688. The molecule has 0 fully saturated rings. The Bertz CT molecular complexity index is 467. The molecule has 2 rings (SSSR count). The summed E-state index contributed by atoms with van der Waals surface area (Å²) in [4.78, 5) is 5.48. The Balaban J connectivity index is 2.20. The summed E-state index contributed by atoms with van der Waals surface area (Å²) in [7, 11) is 1.65. The molecule has 86 valence electrons.